The van der Waals surface area contributed by atoms with E-state index in [4.69, 9.17) is 5.73 Å². The normalized spacial score (nSPS) is 28.4. The van der Waals surface area contributed by atoms with Crippen LogP contribution in [0, 0.1) is 17.8 Å². The van der Waals surface area contributed by atoms with Crippen molar-refractivity contribution in [3.63, 3.8) is 0 Å². The first-order chi connectivity index (χ1) is 11.2. The fourth-order valence-corrected chi connectivity index (χ4v) is 3.90. The van der Waals surface area contributed by atoms with E-state index in [0.717, 1.165) is 30.6 Å². The van der Waals surface area contributed by atoms with Crippen molar-refractivity contribution in [3.05, 3.63) is 48.3 Å². The first kappa shape index (κ1) is 14.5. The van der Waals surface area contributed by atoms with E-state index in [9.17, 15) is 4.79 Å². The number of carbonyl (C=O) groups is 1. The van der Waals surface area contributed by atoms with E-state index < -0.39 is 0 Å². The van der Waals surface area contributed by atoms with Crippen LogP contribution in [0.1, 0.15) is 18.5 Å². The molecule has 1 amide bonds. The number of hydrogen-bond donors (Lipinski definition) is 2. The molecule has 0 saturated heterocycles. The maximum absolute atomic E-state index is 12.3. The highest BCUT2D eigenvalue weighted by atomic mass is 16.1. The van der Waals surface area contributed by atoms with Gasteiger partial charge in [-0.25, -0.2) is 4.68 Å². The van der Waals surface area contributed by atoms with E-state index in [0.29, 0.717) is 18.4 Å². The van der Waals surface area contributed by atoms with Crippen LogP contribution >= 0.6 is 0 Å². The second kappa shape index (κ2) is 5.81. The zero-order valence-electron chi connectivity index (χ0n) is 13.1. The first-order valence-electron chi connectivity index (χ1n) is 8.35. The molecule has 3 N–H and O–H groups in total. The van der Waals surface area contributed by atoms with Gasteiger partial charge in [0, 0.05) is 36.8 Å². The van der Waals surface area contributed by atoms with Gasteiger partial charge in [-0.1, -0.05) is 18.2 Å². The third-order valence-electron chi connectivity index (χ3n) is 5.22. The summed E-state index contributed by atoms with van der Waals surface area (Å²) >= 11 is 0. The maximum atomic E-state index is 12.3. The summed E-state index contributed by atoms with van der Waals surface area (Å²) in [6.45, 7) is 0.639. The van der Waals surface area contributed by atoms with E-state index >= 15 is 0 Å². The summed E-state index contributed by atoms with van der Waals surface area (Å²) in [6.07, 6.45) is 4.56. The minimum Gasteiger partial charge on any atom is -0.355 e. The molecule has 23 heavy (non-hydrogen) atoms. The molecule has 1 heterocycles. The van der Waals surface area contributed by atoms with Crippen molar-refractivity contribution >= 4 is 5.91 Å². The molecule has 1 aromatic carbocycles. The van der Waals surface area contributed by atoms with E-state index in [1.54, 1.807) is 6.20 Å². The summed E-state index contributed by atoms with van der Waals surface area (Å²) < 4.78 is 1.93. The van der Waals surface area contributed by atoms with Crippen LogP contribution in [0.3, 0.4) is 0 Å². The van der Waals surface area contributed by atoms with Gasteiger partial charge in [-0.3, -0.25) is 4.79 Å². The first-order valence-corrected chi connectivity index (χ1v) is 8.35. The van der Waals surface area contributed by atoms with Crippen LogP contribution in [0.5, 0.6) is 0 Å². The molecule has 120 valence electrons. The Morgan fingerprint density at radius 1 is 1.22 bits per heavy atom. The molecule has 1 aromatic heterocycles. The van der Waals surface area contributed by atoms with Crippen molar-refractivity contribution in [2.24, 2.45) is 23.5 Å². The number of carbonyl (C=O) groups excluding carboxylic acids is 1. The summed E-state index contributed by atoms with van der Waals surface area (Å²) in [5.41, 5.74) is 8.19. The number of para-hydroxylation sites is 1. The predicted molar refractivity (Wildman–Crippen MR) is 88.0 cm³/mol. The lowest BCUT2D eigenvalue weighted by atomic mass is 10.0. The average molecular weight is 310 g/mol. The van der Waals surface area contributed by atoms with Gasteiger partial charge in [-0.05, 0) is 42.9 Å². The fraction of sp³-hybridized carbons (Fsp3) is 0.444. The van der Waals surface area contributed by atoms with Crippen molar-refractivity contribution in [2.45, 2.75) is 25.3 Å². The second-order valence-corrected chi connectivity index (χ2v) is 6.68. The van der Waals surface area contributed by atoms with Crippen LogP contribution in [0.25, 0.3) is 5.69 Å². The number of rotatable bonds is 5. The molecule has 5 heteroatoms. The van der Waals surface area contributed by atoms with Crippen molar-refractivity contribution in [1.29, 1.82) is 0 Å². The van der Waals surface area contributed by atoms with Crippen LogP contribution in [0.15, 0.2) is 42.6 Å². The molecule has 0 spiro atoms. The van der Waals surface area contributed by atoms with Gasteiger partial charge in [0.05, 0.1) is 5.69 Å². The van der Waals surface area contributed by atoms with E-state index in [1.807, 2.05) is 41.1 Å². The Balaban J connectivity index is 1.34. The molecular formula is C18H22N4O. The van der Waals surface area contributed by atoms with Gasteiger partial charge in [0.25, 0.3) is 0 Å². The zero-order chi connectivity index (χ0) is 15.8. The average Bonchev–Trinajstić information content (AvgIpc) is 3.11. The van der Waals surface area contributed by atoms with Crippen LogP contribution in [0.4, 0.5) is 0 Å². The molecule has 2 saturated carbocycles. The van der Waals surface area contributed by atoms with Crippen molar-refractivity contribution in [1.82, 2.24) is 15.1 Å². The molecule has 2 fully saturated rings. The van der Waals surface area contributed by atoms with Gasteiger partial charge < -0.3 is 11.1 Å². The Labute approximate surface area is 135 Å². The number of fused-ring (bicyclic) bond motifs is 1. The highest BCUT2D eigenvalue weighted by Gasteiger charge is 2.55. The highest BCUT2D eigenvalue weighted by molar-refractivity contribution is 5.80. The van der Waals surface area contributed by atoms with Gasteiger partial charge in [0.15, 0.2) is 0 Å². The molecular weight excluding hydrogens is 288 g/mol. The molecule has 2 aromatic rings. The Morgan fingerprint density at radius 3 is 2.74 bits per heavy atom. The summed E-state index contributed by atoms with van der Waals surface area (Å²) in [7, 11) is 0. The van der Waals surface area contributed by atoms with Gasteiger partial charge in [0.2, 0.25) is 5.91 Å². The lowest BCUT2D eigenvalue weighted by molar-refractivity contribution is -0.125. The molecule has 0 radical (unpaired) electrons. The van der Waals surface area contributed by atoms with Gasteiger partial charge in [0.1, 0.15) is 0 Å². The topological polar surface area (TPSA) is 72.9 Å². The summed E-state index contributed by atoms with van der Waals surface area (Å²) in [5.74, 6) is 1.45. The van der Waals surface area contributed by atoms with E-state index in [-0.39, 0.29) is 17.9 Å². The van der Waals surface area contributed by atoms with Gasteiger partial charge >= 0.3 is 0 Å². The van der Waals surface area contributed by atoms with Crippen LogP contribution in [-0.2, 0) is 11.2 Å². The number of aromatic nitrogens is 2. The maximum Gasteiger partial charge on any atom is 0.223 e. The van der Waals surface area contributed by atoms with Crippen molar-refractivity contribution < 1.29 is 4.79 Å². The van der Waals surface area contributed by atoms with Gasteiger partial charge in [-0.15, -0.1) is 0 Å². The molecule has 0 bridgehead atoms. The van der Waals surface area contributed by atoms with Crippen LogP contribution in [0.2, 0.25) is 0 Å². The lowest BCUT2D eigenvalue weighted by Gasteiger charge is -2.14. The number of hydrogen-bond acceptors (Lipinski definition) is 3. The predicted octanol–water partition coefficient (Wildman–Crippen LogP) is 1.51. The molecule has 5 nitrogen and oxygen atoms in total. The standard InChI is InChI=1S/C18H22N4O/c19-17-11-16(14-10-15(14)17)18(23)20-8-6-13-7-9-21-22(13)12-4-2-1-3-5-12/h1-5,7,9,14-17H,6,8,10-11,19H2,(H,20,23)/t14-,15+,16-,17+/m0/s1. The third-order valence-corrected chi connectivity index (χ3v) is 5.22. The van der Waals surface area contributed by atoms with E-state index in [2.05, 4.69) is 10.4 Å². The SMILES string of the molecule is N[C@@H]1C[C@H](C(=O)NCCc2ccnn2-c2ccccc2)[C@H]2C[C@H]21. The van der Waals surface area contributed by atoms with Crippen LogP contribution in [-0.4, -0.2) is 28.3 Å². The molecule has 2 aliphatic carbocycles. The molecule has 4 atom stereocenters. The molecule has 4 rings (SSSR count). The Kier molecular flexibility index (Phi) is 3.65. The molecule has 0 aliphatic heterocycles. The largest absolute Gasteiger partial charge is 0.355 e. The Hall–Kier alpha value is -2.14. The number of nitrogens with zero attached hydrogens (tertiary/aromatic N) is 2. The van der Waals surface area contributed by atoms with Crippen molar-refractivity contribution in [2.75, 3.05) is 6.54 Å². The quantitative estimate of drug-likeness (QED) is 0.879. The Morgan fingerprint density at radius 2 is 2.04 bits per heavy atom. The molecule has 2 aliphatic rings. The summed E-state index contributed by atoms with van der Waals surface area (Å²) in [6, 6.07) is 12.3. The van der Waals surface area contributed by atoms with Crippen LogP contribution < -0.4 is 11.1 Å². The number of benzene rings is 1. The fourth-order valence-electron chi connectivity index (χ4n) is 3.90. The summed E-state index contributed by atoms with van der Waals surface area (Å²) in [5, 5.41) is 7.46. The summed E-state index contributed by atoms with van der Waals surface area (Å²) in [4.78, 5) is 12.3. The number of nitrogens with two attached hydrogens (primary N) is 1. The highest BCUT2D eigenvalue weighted by Crippen LogP contribution is 2.54. The minimum atomic E-state index is 0.133. The number of nitrogens with one attached hydrogen (secondary N) is 1. The minimum absolute atomic E-state index is 0.133. The second-order valence-electron chi connectivity index (χ2n) is 6.68. The van der Waals surface area contributed by atoms with Gasteiger partial charge in [-0.2, -0.15) is 5.10 Å². The molecule has 0 unspecified atom stereocenters. The monoisotopic (exact) mass is 310 g/mol. The number of amides is 1. The lowest BCUT2D eigenvalue weighted by Crippen LogP contribution is -2.34. The van der Waals surface area contributed by atoms with E-state index in [1.165, 1.54) is 0 Å². The smallest absolute Gasteiger partial charge is 0.223 e. The zero-order valence-corrected chi connectivity index (χ0v) is 13.1. The Bertz CT molecular complexity index is 696. The van der Waals surface area contributed by atoms with Crippen molar-refractivity contribution in [3.8, 4) is 5.69 Å². The third kappa shape index (κ3) is 2.77.